The largest absolute Gasteiger partial charge is 0.423 e. The van der Waals surface area contributed by atoms with Crippen LogP contribution in [0.15, 0.2) is 33.5 Å². The topological polar surface area (TPSA) is 30.2 Å². The number of benzene rings is 1. The Morgan fingerprint density at radius 3 is 2.05 bits per heavy atom. The Morgan fingerprint density at radius 2 is 1.53 bits per heavy atom. The van der Waals surface area contributed by atoms with Crippen molar-refractivity contribution in [3.05, 3.63) is 45.8 Å². The van der Waals surface area contributed by atoms with Crippen molar-refractivity contribution in [2.75, 3.05) is 0 Å². The van der Waals surface area contributed by atoms with Gasteiger partial charge in [0.2, 0.25) is 0 Å². The van der Waals surface area contributed by atoms with Crippen molar-refractivity contribution in [2.24, 2.45) is 0 Å². The lowest BCUT2D eigenvalue weighted by molar-refractivity contribution is -0.142. The second kappa shape index (κ2) is 4.01. The smallest absolute Gasteiger partial charge is 0.417 e. The van der Waals surface area contributed by atoms with E-state index in [9.17, 15) is 31.1 Å². The van der Waals surface area contributed by atoms with Gasteiger partial charge in [0.1, 0.15) is 5.58 Å². The molecular weight excluding hydrogens is 278 g/mol. The SMILES string of the molecule is O=c1ccc2c(C(F)(F)F)cc(C(F)(F)F)cc2o1. The summed E-state index contributed by atoms with van der Waals surface area (Å²) in [6.07, 6.45) is -9.96. The van der Waals surface area contributed by atoms with E-state index in [0.29, 0.717) is 12.1 Å². The molecule has 19 heavy (non-hydrogen) atoms. The quantitative estimate of drug-likeness (QED) is 0.543. The van der Waals surface area contributed by atoms with E-state index in [0.717, 1.165) is 6.07 Å². The zero-order valence-electron chi connectivity index (χ0n) is 8.89. The number of hydrogen-bond donors (Lipinski definition) is 0. The van der Waals surface area contributed by atoms with Gasteiger partial charge >= 0.3 is 18.0 Å². The number of halogens is 6. The molecule has 0 radical (unpaired) electrons. The Labute approximate surface area is 101 Å². The molecule has 0 aliphatic heterocycles. The minimum absolute atomic E-state index is 0.0116. The Kier molecular flexibility index (Phi) is 2.83. The van der Waals surface area contributed by atoms with Crippen LogP contribution in [0.5, 0.6) is 0 Å². The van der Waals surface area contributed by atoms with E-state index in [1.54, 1.807) is 0 Å². The molecule has 0 spiro atoms. The van der Waals surface area contributed by atoms with Gasteiger partial charge in [-0.1, -0.05) is 0 Å². The highest BCUT2D eigenvalue weighted by atomic mass is 19.4. The summed E-state index contributed by atoms with van der Waals surface area (Å²) in [7, 11) is 0. The Hall–Kier alpha value is -1.99. The summed E-state index contributed by atoms with van der Waals surface area (Å²) < 4.78 is 80.0. The van der Waals surface area contributed by atoms with Crippen molar-refractivity contribution >= 4 is 11.0 Å². The monoisotopic (exact) mass is 282 g/mol. The highest BCUT2D eigenvalue weighted by Crippen LogP contribution is 2.39. The van der Waals surface area contributed by atoms with Gasteiger partial charge < -0.3 is 4.42 Å². The first kappa shape index (κ1) is 13.4. The molecular formula is C11H4F6O2. The van der Waals surface area contributed by atoms with Gasteiger partial charge in [-0.2, -0.15) is 26.3 Å². The fraction of sp³-hybridized carbons (Fsp3) is 0.182. The van der Waals surface area contributed by atoms with Crippen LogP contribution in [0.3, 0.4) is 0 Å². The lowest BCUT2D eigenvalue weighted by Gasteiger charge is -2.13. The minimum Gasteiger partial charge on any atom is -0.423 e. The molecule has 0 aliphatic carbocycles. The first-order chi connectivity index (χ1) is 8.59. The molecule has 102 valence electrons. The molecule has 2 aromatic rings. The third kappa shape index (κ3) is 2.56. The van der Waals surface area contributed by atoms with E-state index in [-0.39, 0.29) is 6.07 Å². The number of hydrogen-bond acceptors (Lipinski definition) is 2. The van der Waals surface area contributed by atoms with Gasteiger partial charge in [0.25, 0.3) is 0 Å². The van der Waals surface area contributed by atoms with Gasteiger partial charge in [-0.25, -0.2) is 4.79 Å². The lowest BCUT2D eigenvalue weighted by atomic mass is 10.0. The van der Waals surface area contributed by atoms with Gasteiger partial charge in [0.05, 0.1) is 11.1 Å². The van der Waals surface area contributed by atoms with E-state index >= 15 is 0 Å². The van der Waals surface area contributed by atoms with Crippen LogP contribution in [0.4, 0.5) is 26.3 Å². The van der Waals surface area contributed by atoms with E-state index in [1.165, 1.54) is 0 Å². The average Bonchev–Trinajstić information content (AvgIpc) is 2.24. The fourth-order valence-corrected chi connectivity index (χ4v) is 1.57. The molecule has 0 saturated carbocycles. The standard InChI is InChI=1S/C11H4F6O2/c12-10(13,14)5-3-7(11(15,16)17)6-1-2-9(18)19-8(6)4-5/h1-4H. The molecule has 1 aromatic carbocycles. The third-order valence-corrected chi connectivity index (χ3v) is 2.37. The summed E-state index contributed by atoms with van der Waals surface area (Å²) in [5, 5.41) is -0.597. The first-order valence-corrected chi connectivity index (χ1v) is 4.81. The number of rotatable bonds is 0. The molecule has 0 amide bonds. The van der Waals surface area contributed by atoms with Crippen molar-refractivity contribution in [1.82, 2.24) is 0 Å². The maximum Gasteiger partial charge on any atom is 0.417 e. The molecule has 0 unspecified atom stereocenters. The lowest BCUT2D eigenvalue weighted by Crippen LogP contribution is -2.12. The molecule has 0 saturated heterocycles. The summed E-state index contributed by atoms with van der Waals surface area (Å²) in [5.41, 5.74) is -4.81. The van der Waals surface area contributed by atoms with Crippen molar-refractivity contribution < 1.29 is 30.8 Å². The normalized spacial score (nSPS) is 12.9. The van der Waals surface area contributed by atoms with E-state index < -0.39 is 40.1 Å². The molecule has 2 nitrogen and oxygen atoms in total. The van der Waals surface area contributed by atoms with Crippen LogP contribution >= 0.6 is 0 Å². The minimum atomic E-state index is -4.99. The third-order valence-electron chi connectivity index (χ3n) is 2.37. The summed E-state index contributed by atoms with van der Waals surface area (Å²) >= 11 is 0. The van der Waals surface area contributed by atoms with Crippen LogP contribution in [0, 0.1) is 0 Å². The van der Waals surface area contributed by atoms with Crippen LogP contribution < -0.4 is 5.63 Å². The maximum absolute atomic E-state index is 12.7. The van der Waals surface area contributed by atoms with E-state index in [1.807, 2.05) is 0 Å². The van der Waals surface area contributed by atoms with Gasteiger partial charge in [-0.05, 0) is 18.2 Å². The Bertz CT molecular complexity index is 680. The van der Waals surface area contributed by atoms with E-state index in [2.05, 4.69) is 4.42 Å². The predicted octanol–water partition coefficient (Wildman–Crippen LogP) is 3.83. The average molecular weight is 282 g/mol. The van der Waals surface area contributed by atoms with Crippen LogP contribution in [0.2, 0.25) is 0 Å². The first-order valence-electron chi connectivity index (χ1n) is 4.81. The van der Waals surface area contributed by atoms with Crippen molar-refractivity contribution in [3.8, 4) is 0 Å². The highest BCUT2D eigenvalue weighted by molar-refractivity contribution is 5.81. The molecule has 0 N–H and O–H groups in total. The van der Waals surface area contributed by atoms with Crippen LogP contribution in [-0.4, -0.2) is 0 Å². The van der Waals surface area contributed by atoms with Gasteiger partial charge in [-0.15, -0.1) is 0 Å². The molecule has 0 bridgehead atoms. The second-order valence-corrected chi connectivity index (χ2v) is 3.69. The zero-order chi connectivity index (χ0) is 14.4. The summed E-state index contributed by atoms with van der Waals surface area (Å²) in [4.78, 5) is 10.9. The molecule has 1 heterocycles. The summed E-state index contributed by atoms with van der Waals surface area (Å²) in [5.74, 6) is 0. The molecule has 0 atom stereocenters. The number of alkyl halides is 6. The predicted molar refractivity (Wildman–Crippen MR) is 52.5 cm³/mol. The van der Waals surface area contributed by atoms with Crippen molar-refractivity contribution in [3.63, 3.8) is 0 Å². The second-order valence-electron chi connectivity index (χ2n) is 3.69. The maximum atomic E-state index is 12.7. The Balaban J connectivity index is 2.88. The van der Waals surface area contributed by atoms with Crippen molar-refractivity contribution in [1.29, 1.82) is 0 Å². The molecule has 2 rings (SSSR count). The van der Waals surface area contributed by atoms with Crippen molar-refractivity contribution in [2.45, 2.75) is 12.4 Å². The highest BCUT2D eigenvalue weighted by Gasteiger charge is 2.38. The molecule has 0 aliphatic rings. The van der Waals surface area contributed by atoms with Crippen LogP contribution in [0.1, 0.15) is 11.1 Å². The molecule has 1 aromatic heterocycles. The molecule has 8 heteroatoms. The van der Waals surface area contributed by atoms with Crippen LogP contribution in [0.25, 0.3) is 11.0 Å². The van der Waals surface area contributed by atoms with Crippen LogP contribution in [-0.2, 0) is 12.4 Å². The van der Waals surface area contributed by atoms with Gasteiger partial charge in [0.15, 0.2) is 0 Å². The Morgan fingerprint density at radius 1 is 0.895 bits per heavy atom. The zero-order valence-corrected chi connectivity index (χ0v) is 8.89. The fourth-order valence-electron chi connectivity index (χ4n) is 1.57. The molecule has 0 fully saturated rings. The summed E-state index contributed by atoms with van der Waals surface area (Å²) in [6.45, 7) is 0. The van der Waals surface area contributed by atoms with Gasteiger partial charge in [-0.3, -0.25) is 0 Å². The summed E-state index contributed by atoms with van der Waals surface area (Å²) in [6, 6.07) is 1.85. The number of fused-ring (bicyclic) bond motifs is 1. The van der Waals surface area contributed by atoms with E-state index in [4.69, 9.17) is 0 Å². The van der Waals surface area contributed by atoms with Gasteiger partial charge in [0, 0.05) is 11.5 Å².